The number of rotatable bonds is 6. The van der Waals surface area contributed by atoms with E-state index >= 15 is 0 Å². The molecule has 1 aromatic carbocycles. The number of hydrogen-bond donors (Lipinski definition) is 1. The molecule has 1 fully saturated rings. The summed E-state index contributed by atoms with van der Waals surface area (Å²) in [5.41, 5.74) is 0.823. The molecule has 1 amide bonds. The van der Waals surface area contributed by atoms with E-state index < -0.39 is 0 Å². The molecule has 0 bridgehead atoms. The lowest BCUT2D eigenvalue weighted by Gasteiger charge is -2.27. The van der Waals surface area contributed by atoms with Gasteiger partial charge in [-0.1, -0.05) is 18.5 Å². The van der Waals surface area contributed by atoms with Crippen LogP contribution in [-0.2, 0) is 11.3 Å². The maximum Gasteiger partial charge on any atom is 0.246 e. The summed E-state index contributed by atoms with van der Waals surface area (Å²) in [6, 6.07) is 7.48. The molecule has 0 radical (unpaired) electrons. The number of nitrogens with zero attached hydrogens (tertiary/aromatic N) is 5. The van der Waals surface area contributed by atoms with Crippen molar-refractivity contribution >= 4 is 17.5 Å². The van der Waals surface area contributed by atoms with E-state index in [0.717, 1.165) is 38.0 Å². The summed E-state index contributed by atoms with van der Waals surface area (Å²) in [5.74, 6) is 0.523. The molecule has 0 spiro atoms. The molecule has 0 aliphatic carbocycles. The van der Waals surface area contributed by atoms with E-state index in [1.807, 2.05) is 17.0 Å². The largest absolute Gasteiger partial charge is 0.337 e. The van der Waals surface area contributed by atoms with Crippen LogP contribution in [-0.4, -0.2) is 56.7 Å². The molecule has 7 nitrogen and oxygen atoms in total. The van der Waals surface area contributed by atoms with Crippen molar-refractivity contribution in [3.05, 3.63) is 29.3 Å². The predicted molar refractivity (Wildman–Crippen MR) is 91.5 cm³/mol. The van der Waals surface area contributed by atoms with Crippen LogP contribution in [0, 0.1) is 0 Å². The van der Waals surface area contributed by atoms with Crippen LogP contribution in [0.1, 0.15) is 19.8 Å². The molecule has 128 valence electrons. The number of benzene rings is 1. The van der Waals surface area contributed by atoms with Gasteiger partial charge < -0.3 is 10.2 Å². The van der Waals surface area contributed by atoms with Crippen LogP contribution in [0.15, 0.2) is 24.3 Å². The Morgan fingerprint density at radius 1 is 1.42 bits per heavy atom. The van der Waals surface area contributed by atoms with Crippen molar-refractivity contribution in [2.45, 2.75) is 32.4 Å². The fourth-order valence-electron chi connectivity index (χ4n) is 2.89. The van der Waals surface area contributed by atoms with E-state index in [1.165, 1.54) is 4.80 Å². The smallest absolute Gasteiger partial charge is 0.246 e. The van der Waals surface area contributed by atoms with Crippen LogP contribution in [0.3, 0.4) is 0 Å². The molecule has 1 aliphatic heterocycles. The minimum absolute atomic E-state index is 0.0330. The molecular weight excluding hydrogens is 328 g/mol. The SMILES string of the molecule is CCCN(C(=O)Cn1nnc(-c2ccc(Cl)cc2)n1)C1CCNC1. The third-order valence-electron chi connectivity index (χ3n) is 4.09. The summed E-state index contributed by atoms with van der Waals surface area (Å²) in [6.07, 6.45) is 1.93. The Hall–Kier alpha value is -1.99. The lowest BCUT2D eigenvalue weighted by Crippen LogP contribution is -2.43. The monoisotopic (exact) mass is 348 g/mol. The van der Waals surface area contributed by atoms with Crippen molar-refractivity contribution in [3.63, 3.8) is 0 Å². The fourth-order valence-corrected chi connectivity index (χ4v) is 3.02. The van der Waals surface area contributed by atoms with Gasteiger partial charge in [0, 0.05) is 29.7 Å². The third-order valence-corrected chi connectivity index (χ3v) is 4.34. The number of carbonyl (C=O) groups is 1. The third kappa shape index (κ3) is 3.91. The Kier molecular flexibility index (Phi) is 5.42. The zero-order valence-corrected chi connectivity index (χ0v) is 14.4. The van der Waals surface area contributed by atoms with E-state index in [1.54, 1.807) is 12.1 Å². The Labute approximate surface area is 146 Å². The number of halogens is 1. The topological polar surface area (TPSA) is 75.9 Å². The van der Waals surface area contributed by atoms with Gasteiger partial charge in [-0.25, -0.2) is 0 Å². The molecule has 1 N–H and O–H groups in total. The second-order valence-corrected chi connectivity index (χ2v) is 6.32. The molecule has 24 heavy (non-hydrogen) atoms. The first-order valence-electron chi connectivity index (χ1n) is 8.21. The minimum atomic E-state index is 0.0330. The molecule has 1 unspecified atom stereocenters. The Balaban J connectivity index is 1.68. The van der Waals surface area contributed by atoms with Gasteiger partial charge in [0.15, 0.2) is 0 Å². The van der Waals surface area contributed by atoms with Gasteiger partial charge in [-0.3, -0.25) is 4.79 Å². The Bertz CT molecular complexity index is 680. The van der Waals surface area contributed by atoms with E-state index in [9.17, 15) is 4.79 Å². The standard InChI is InChI=1S/C16H21ClN6O/c1-2-9-22(14-7-8-18-10-14)15(24)11-23-20-16(19-21-23)12-3-5-13(17)6-4-12/h3-6,14,18H,2,7-11H2,1H3. The van der Waals surface area contributed by atoms with Crippen molar-refractivity contribution in [1.82, 2.24) is 30.4 Å². The van der Waals surface area contributed by atoms with Crippen LogP contribution >= 0.6 is 11.6 Å². The first kappa shape index (κ1) is 16.9. The van der Waals surface area contributed by atoms with Crippen molar-refractivity contribution in [2.75, 3.05) is 19.6 Å². The van der Waals surface area contributed by atoms with Gasteiger partial charge in [-0.05, 0) is 48.9 Å². The molecule has 1 aliphatic rings. The number of amides is 1. The van der Waals surface area contributed by atoms with Gasteiger partial charge in [-0.2, -0.15) is 4.80 Å². The maximum atomic E-state index is 12.6. The zero-order chi connectivity index (χ0) is 16.9. The number of hydrogen-bond acceptors (Lipinski definition) is 5. The summed E-state index contributed by atoms with van der Waals surface area (Å²) < 4.78 is 0. The quantitative estimate of drug-likeness (QED) is 0.858. The van der Waals surface area contributed by atoms with Gasteiger partial charge in [-0.15, -0.1) is 10.2 Å². The van der Waals surface area contributed by atoms with Gasteiger partial charge in [0.2, 0.25) is 11.7 Å². The van der Waals surface area contributed by atoms with E-state index in [0.29, 0.717) is 10.8 Å². The first-order chi connectivity index (χ1) is 11.7. The summed E-state index contributed by atoms with van der Waals surface area (Å²) >= 11 is 5.88. The van der Waals surface area contributed by atoms with Crippen LogP contribution in [0.4, 0.5) is 0 Å². The molecule has 0 saturated carbocycles. The molecular formula is C16H21ClN6O. The van der Waals surface area contributed by atoms with E-state index in [-0.39, 0.29) is 18.5 Å². The second kappa shape index (κ2) is 7.72. The zero-order valence-electron chi connectivity index (χ0n) is 13.7. The Morgan fingerprint density at radius 2 is 2.21 bits per heavy atom. The normalized spacial score (nSPS) is 17.2. The van der Waals surface area contributed by atoms with Crippen LogP contribution in [0.2, 0.25) is 5.02 Å². The molecule has 2 heterocycles. The van der Waals surface area contributed by atoms with Crippen molar-refractivity contribution in [1.29, 1.82) is 0 Å². The average Bonchev–Trinajstić information content (AvgIpc) is 3.25. The van der Waals surface area contributed by atoms with Gasteiger partial charge in [0.05, 0.1) is 0 Å². The summed E-state index contributed by atoms with van der Waals surface area (Å²) in [4.78, 5) is 15.9. The Morgan fingerprint density at radius 3 is 2.88 bits per heavy atom. The predicted octanol–water partition coefficient (Wildman–Crippen LogP) is 1.59. The minimum Gasteiger partial charge on any atom is -0.337 e. The van der Waals surface area contributed by atoms with Crippen LogP contribution in [0.25, 0.3) is 11.4 Å². The van der Waals surface area contributed by atoms with E-state index in [4.69, 9.17) is 11.6 Å². The van der Waals surface area contributed by atoms with E-state index in [2.05, 4.69) is 27.7 Å². The van der Waals surface area contributed by atoms with Crippen LogP contribution in [0.5, 0.6) is 0 Å². The molecule has 1 atom stereocenters. The highest BCUT2D eigenvalue weighted by atomic mass is 35.5. The molecule has 8 heteroatoms. The number of tetrazole rings is 1. The lowest BCUT2D eigenvalue weighted by molar-refractivity contribution is -0.134. The highest BCUT2D eigenvalue weighted by molar-refractivity contribution is 6.30. The lowest BCUT2D eigenvalue weighted by atomic mass is 10.2. The molecule has 3 rings (SSSR count). The summed E-state index contributed by atoms with van der Waals surface area (Å²) in [7, 11) is 0. The fraction of sp³-hybridized carbons (Fsp3) is 0.500. The highest BCUT2D eigenvalue weighted by Crippen LogP contribution is 2.17. The molecule has 1 aromatic heterocycles. The maximum absolute atomic E-state index is 12.6. The van der Waals surface area contributed by atoms with Gasteiger partial charge in [0.1, 0.15) is 6.54 Å². The van der Waals surface area contributed by atoms with Crippen molar-refractivity contribution in [2.24, 2.45) is 0 Å². The average molecular weight is 349 g/mol. The van der Waals surface area contributed by atoms with Crippen molar-refractivity contribution < 1.29 is 4.79 Å². The first-order valence-corrected chi connectivity index (χ1v) is 8.59. The van der Waals surface area contributed by atoms with Gasteiger partial charge >= 0.3 is 0 Å². The number of carbonyl (C=O) groups excluding carboxylic acids is 1. The molecule has 1 saturated heterocycles. The summed E-state index contributed by atoms with van der Waals surface area (Å²) in [5, 5.41) is 16.3. The van der Waals surface area contributed by atoms with Crippen molar-refractivity contribution in [3.8, 4) is 11.4 Å². The highest BCUT2D eigenvalue weighted by Gasteiger charge is 2.26. The number of aromatic nitrogens is 4. The van der Waals surface area contributed by atoms with Crippen LogP contribution < -0.4 is 5.32 Å². The summed E-state index contributed by atoms with van der Waals surface area (Å²) in [6.45, 7) is 4.75. The molecule has 2 aromatic rings. The number of nitrogens with one attached hydrogen (secondary N) is 1. The van der Waals surface area contributed by atoms with Gasteiger partial charge in [0.25, 0.3) is 0 Å². The second-order valence-electron chi connectivity index (χ2n) is 5.88.